The Hall–Kier alpha value is -0.913. The predicted octanol–water partition coefficient (Wildman–Crippen LogP) is 1.56. The monoisotopic (exact) mass is 432 g/mol. The summed E-state index contributed by atoms with van der Waals surface area (Å²) in [5, 5.41) is 10.9. The highest BCUT2D eigenvalue weighted by Gasteiger charge is 2.50. The van der Waals surface area contributed by atoms with Crippen LogP contribution in [0.5, 0.6) is 0 Å². The Labute approximate surface area is 170 Å². The van der Waals surface area contributed by atoms with Crippen molar-refractivity contribution in [3.05, 3.63) is 33.1 Å². The van der Waals surface area contributed by atoms with Gasteiger partial charge in [0.25, 0.3) is 5.56 Å². The summed E-state index contributed by atoms with van der Waals surface area (Å²) in [6.45, 7) is 11.4. The Kier molecular flexibility index (Phi) is 7.74. The number of rotatable bonds is 8. The molecule has 8 nitrogen and oxygen atoms in total. The van der Waals surface area contributed by atoms with E-state index in [0.717, 1.165) is 5.75 Å². The second-order valence-corrected chi connectivity index (χ2v) is 14.2. The molecule has 0 amide bonds. The average Bonchev–Trinajstić information content (AvgIpc) is 2.87. The molecule has 1 aliphatic heterocycles. The first kappa shape index (κ1) is 23.4. The van der Waals surface area contributed by atoms with Gasteiger partial charge in [-0.3, -0.25) is 14.3 Å². The van der Waals surface area contributed by atoms with Crippen LogP contribution >= 0.6 is 11.8 Å². The summed E-state index contributed by atoms with van der Waals surface area (Å²) in [5.41, 5.74) is -1.13. The number of hydrogen-bond acceptors (Lipinski definition) is 7. The molecule has 160 valence electrons. The van der Waals surface area contributed by atoms with Crippen molar-refractivity contribution in [1.82, 2.24) is 9.55 Å². The standard InChI is InChI=1S/C18H32N2O6SSi/c1-18(2,3)28(5,6)26-15-12(11-24-9-10-27-4)25-16(14(15)22)20-8-7-13(21)19-17(20)23/h7-8,12,14-16,22H,9-11H2,1-6H3,(H,19,21,23)/t12-,14?,15+,16-/m1/s1. The molecule has 2 N–H and O–H groups in total. The molecule has 0 spiro atoms. The van der Waals surface area contributed by atoms with Crippen molar-refractivity contribution in [1.29, 1.82) is 0 Å². The second-order valence-electron chi connectivity index (χ2n) is 8.48. The third-order valence-electron chi connectivity index (χ3n) is 5.39. The van der Waals surface area contributed by atoms with Gasteiger partial charge >= 0.3 is 5.69 Å². The number of aromatic nitrogens is 2. The van der Waals surface area contributed by atoms with Crippen molar-refractivity contribution in [3.63, 3.8) is 0 Å². The van der Waals surface area contributed by atoms with Gasteiger partial charge in [-0.1, -0.05) is 20.8 Å². The lowest BCUT2D eigenvalue weighted by Gasteiger charge is -2.40. The van der Waals surface area contributed by atoms with Crippen LogP contribution in [0.2, 0.25) is 18.1 Å². The lowest BCUT2D eigenvalue weighted by molar-refractivity contribution is -0.0659. The normalized spacial score (nSPS) is 26.0. The van der Waals surface area contributed by atoms with E-state index in [1.165, 1.54) is 16.8 Å². The molecule has 4 atom stereocenters. The summed E-state index contributed by atoms with van der Waals surface area (Å²) in [6.07, 6.45) is 0.172. The lowest BCUT2D eigenvalue weighted by atomic mass is 10.1. The van der Waals surface area contributed by atoms with E-state index < -0.39 is 44.1 Å². The number of hydrogen-bond donors (Lipinski definition) is 2. The summed E-state index contributed by atoms with van der Waals surface area (Å²) in [5.74, 6) is 0.853. The zero-order valence-electron chi connectivity index (χ0n) is 17.4. The van der Waals surface area contributed by atoms with Crippen LogP contribution in [0.3, 0.4) is 0 Å². The largest absolute Gasteiger partial charge is 0.408 e. The number of aliphatic hydroxyl groups is 1. The van der Waals surface area contributed by atoms with Crippen LogP contribution in [0.4, 0.5) is 0 Å². The number of nitrogens with zero attached hydrogens (tertiary/aromatic N) is 1. The number of aromatic amines is 1. The first-order chi connectivity index (χ1) is 13.0. The third kappa shape index (κ3) is 5.36. The van der Waals surface area contributed by atoms with E-state index in [2.05, 4.69) is 38.8 Å². The topological polar surface area (TPSA) is 103 Å². The fourth-order valence-electron chi connectivity index (χ4n) is 2.72. The Morgan fingerprint density at radius 2 is 2.04 bits per heavy atom. The van der Waals surface area contributed by atoms with Gasteiger partial charge < -0.3 is 19.0 Å². The molecule has 2 rings (SSSR count). The Morgan fingerprint density at radius 3 is 2.61 bits per heavy atom. The van der Waals surface area contributed by atoms with E-state index in [0.29, 0.717) is 6.61 Å². The van der Waals surface area contributed by atoms with Crippen molar-refractivity contribution in [2.24, 2.45) is 0 Å². The van der Waals surface area contributed by atoms with Crippen LogP contribution in [0, 0.1) is 0 Å². The van der Waals surface area contributed by atoms with Crippen molar-refractivity contribution in [2.45, 2.75) is 63.4 Å². The molecule has 0 aliphatic carbocycles. The third-order valence-corrected chi connectivity index (χ3v) is 10.4. The maximum atomic E-state index is 12.2. The smallest absolute Gasteiger partial charge is 0.330 e. The van der Waals surface area contributed by atoms with Gasteiger partial charge in [-0.2, -0.15) is 11.8 Å². The van der Waals surface area contributed by atoms with E-state index >= 15 is 0 Å². The minimum atomic E-state index is -2.21. The fraction of sp³-hybridized carbons (Fsp3) is 0.778. The molecule has 28 heavy (non-hydrogen) atoms. The van der Waals surface area contributed by atoms with Crippen LogP contribution in [-0.4, -0.2) is 66.5 Å². The maximum Gasteiger partial charge on any atom is 0.330 e. The molecule has 1 fully saturated rings. The molecule has 1 saturated heterocycles. The summed E-state index contributed by atoms with van der Waals surface area (Å²) in [6, 6.07) is 1.23. The van der Waals surface area contributed by atoms with Gasteiger partial charge in [0, 0.05) is 18.0 Å². The summed E-state index contributed by atoms with van der Waals surface area (Å²) in [7, 11) is -2.21. The second kappa shape index (κ2) is 9.27. The van der Waals surface area contributed by atoms with Crippen LogP contribution in [-0.2, 0) is 13.9 Å². The van der Waals surface area contributed by atoms with E-state index in [-0.39, 0.29) is 11.6 Å². The zero-order chi connectivity index (χ0) is 21.1. The molecule has 1 unspecified atom stereocenters. The van der Waals surface area contributed by atoms with E-state index in [1.54, 1.807) is 11.8 Å². The molecule has 0 aromatic carbocycles. The zero-order valence-corrected chi connectivity index (χ0v) is 19.2. The summed E-state index contributed by atoms with van der Waals surface area (Å²) in [4.78, 5) is 25.7. The van der Waals surface area contributed by atoms with Gasteiger partial charge in [-0.15, -0.1) is 0 Å². The van der Waals surface area contributed by atoms with Gasteiger partial charge in [-0.05, 0) is 24.4 Å². The molecule has 1 aliphatic rings. The summed E-state index contributed by atoms with van der Waals surface area (Å²) >= 11 is 1.68. The van der Waals surface area contributed by atoms with Gasteiger partial charge in [0.05, 0.1) is 13.2 Å². The van der Waals surface area contributed by atoms with Gasteiger partial charge in [0.15, 0.2) is 14.5 Å². The predicted molar refractivity (Wildman–Crippen MR) is 113 cm³/mol. The first-order valence-electron chi connectivity index (χ1n) is 9.37. The number of H-pyrrole nitrogens is 1. The molecule has 1 aromatic rings. The van der Waals surface area contributed by atoms with E-state index in [1.807, 2.05) is 6.26 Å². The molecule has 0 bridgehead atoms. The highest BCUT2D eigenvalue weighted by atomic mass is 32.2. The van der Waals surface area contributed by atoms with Crippen LogP contribution in [0.15, 0.2) is 21.9 Å². The van der Waals surface area contributed by atoms with Crippen molar-refractivity contribution >= 4 is 20.1 Å². The number of ether oxygens (including phenoxy) is 2. The number of nitrogens with one attached hydrogen (secondary N) is 1. The molecule has 0 saturated carbocycles. The molecular formula is C18H32N2O6SSi. The summed E-state index contributed by atoms with van der Waals surface area (Å²) < 4.78 is 19.3. The molecule has 0 radical (unpaired) electrons. The Morgan fingerprint density at radius 1 is 1.36 bits per heavy atom. The quantitative estimate of drug-likeness (QED) is 0.475. The number of aliphatic hydroxyl groups excluding tert-OH is 1. The van der Waals surface area contributed by atoms with Crippen molar-refractivity contribution in [2.75, 3.05) is 25.2 Å². The molecule has 2 heterocycles. The molecular weight excluding hydrogens is 400 g/mol. The van der Waals surface area contributed by atoms with Crippen molar-refractivity contribution < 1.29 is 19.0 Å². The minimum Gasteiger partial charge on any atom is -0.408 e. The van der Waals surface area contributed by atoms with Crippen LogP contribution < -0.4 is 11.2 Å². The first-order valence-corrected chi connectivity index (χ1v) is 13.7. The number of thioether (sulfide) groups is 1. The van der Waals surface area contributed by atoms with Crippen molar-refractivity contribution in [3.8, 4) is 0 Å². The molecule has 10 heteroatoms. The highest BCUT2D eigenvalue weighted by Crippen LogP contribution is 2.41. The Balaban J connectivity index is 2.27. The van der Waals surface area contributed by atoms with Gasteiger partial charge in [0.2, 0.25) is 0 Å². The minimum absolute atomic E-state index is 0.0517. The lowest BCUT2D eigenvalue weighted by Crippen LogP contribution is -2.50. The fourth-order valence-corrected chi connectivity index (χ4v) is 4.33. The van der Waals surface area contributed by atoms with Gasteiger partial charge in [0.1, 0.15) is 18.3 Å². The van der Waals surface area contributed by atoms with E-state index in [9.17, 15) is 14.7 Å². The Bertz CT molecular complexity index is 759. The SMILES string of the molecule is CSCCOC[C@H]1O[C@@H](n2ccc(=O)[nH]c2=O)C(O)[C@H]1O[Si](C)(C)C(C)(C)C. The van der Waals surface area contributed by atoms with E-state index in [4.69, 9.17) is 13.9 Å². The highest BCUT2D eigenvalue weighted by molar-refractivity contribution is 7.98. The maximum absolute atomic E-state index is 12.2. The van der Waals surface area contributed by atoms with Gasteiger partial charge in [-0.25, -0.2) is 4.79 Å². The molecule has 1 aromatic heterocycles. The van der Waals surface area contributed by atoms with Crippen LogP contribution in [0.25, 0.3) is 0 Å². The van der Waals surface area contributed by atoms with Crippen LogP contribution in [0.1, 0.15) is 27.0 Å². The average molecular weight is 433 g/mol.